The van der Waals surface area contributed by atoms with Crippen LogP contribution in [0.25, 0.3) is 11.1 Å². The number of nitrogens with zero attached hydrogens (tertiary/aromatic N) is 3. The molecule has 2 aromatic heterocycles. The molecule has 0 radical (unpaired) electrons. The predicted molar refractivity (Wildman–Crippen MR) is 91.8 cm³/mol. The van der Waals surface area contributed by atoms with Crippen molar-refractivity contribution in [2.45, 2.75) is 24.3 Å². The van der Waals surface area contributed by atoms with Crippen LogP contribution in [0.3, 0.4) is 0 Å². The zero-order chi connectivity index (χ0) is 17.4. The number of hydrogen-bond acceptors (Lipinski definition) is 5. The van der Waals surface area contributed by atoms with Crippen LogP contribution in [0.4, 0.5) is 0 Å². The summed E-state index contributed by atoms with van der Waals surface area (Å²) in [5, 5.41) is 0. The second-order valence-corrected chi connectivity index (χ2v) is 7.96. The third-order valence-corrected chi connectivity index (χ3v) is 6.19. The molecule has 4 rings (SSSR count). The first-order valence-corrected chi connectivity index (χ1v) is 9.53. The maximum atomic E-state index is 12.7. The molecule has 0 spiro atoms. The number of sulfonamides is 1. The van der Waals surface area contributed by atoms with Crippen molar-refractivity contribution in [3.05, 3.63) is 58.8 Å². The van der Waals surface area contributed by atoms with Gasteiger partial charge in [0.25, 0.3) is 5.56 Å². The number of aromatic nitrogens is 2. The number of benzene rings is 1. The van der Waals surface area contributed by atoms with Crippen molar-refractivity contribution in [1.82, 2.24) is 13.9 Å². The lowest BCUT2D eigenvalue weighted by molar-refractivity contribution is 0.474. The van der Waals surface area contributed by atoms with Crippen LogP contribution >= 0.6 is 0 Å². The van der Waals surface area contributed by atoms with Gasteiger partial charge in [-0.25, -0.2) is 13.4 Å². The average Bonchev–Trinajstić information content (AvgIpc) is 3.25. The van der Waals surface area contributed by atoms with E-state index in [4.69, 9.17) is 4.42 Å². The van der Waals surface area contributed by atoms with Crippen molar-refractivity contribution >= 4 is 21.1 Å². The largest absolute Gasteiger partial charge is 0.439 e. The molecule has 1 aliphatic rings. The Hall–Kier alpha value is -2.45. The maximum Gasteiger partial charge on any atom is 0.251 e. The van der Waals surface area contributed by atoms with Crippen molar-refractivity contribution in [3.8, 4) is 0 Å². The highest BCUT2D eigenvalue weighted by Crippen LogP contribution is 2.20. The van der Waals surface area contributed by atoms with Gasteiger partial charge < -0.3 is 8.98 Å². The Bertz CT molecular complexity index is 1050. The van der Waals surface area contributed by atoms with E-state index in [-0.39, 0.29) is 17.0 Å². The van der Waals surface area contributed by atoms with Crippen molar-refractivity contribution in [3.63, 3.8) is 0 Å². The van der Waals surface area contributed by atoms with Crippen LogP contribution in [0, 0.1) is 0 Å². The quantitative estimate of drug-likeness (QED) is 0.709. The fourth-order valence-corrected chi connectivity index (χ4v) is 4.53. The minimum absolute atomic E-state index is 0.0802. The fourth-order valence-electron chi connectivity index (χ4n) is 3.00. The van der Waals surface area contributed by atoms with Gasteiger partial charge >= 0.3 is 0 Å². The Morgan fingerprint density at radius 2 is 1.84 bits per heavy atom. The van der Waals surface area contributed by atoms with Crippen LogP contribution in [0.15, 0.2) is 56.7 Å². The predicted octanol–water partition coefficient (Wildman–Crippen LogP) is 1.82. The Kier molecular flexibility index (Phi) is 3.93. The minimum Gasteiger partial charge on any atom is -0.439 e. The summed E-state index contributed by atoms with van der Waals surface area (Å²) in [6.45, 7) is 1.12. The number of rotatable bonds is 4. The molecule has 0 unspecified atom stereocenters. The summed E-state index contributed by atoms with van der Waals surface area (Å²) in [6, 6.07) is 9.93. The van der Waals surface area contributed by atoms with Gasteiger partial charge in [0.1, 0.15) is 12.1 Å². The third-order valence-electron chi connectivity index (χ3n) is 4.30. The van der Waals surface area contributed by atoms with Gasteiger partial charge in [-0.1, -0.05) is 12.1 Å². The smallest absolute Gasteiger partial charge is 0.251 e. The van der Waals surface area contributed by atoms with Crippen molar-refractivity contribution in [2.24, 2.45) is 0 Å². The van der Waals surface area contributed by atoms with Crippen molar-refractivity contribution in [1.29, 1.82) is 0 Å². The van der Waals surface area contributed by atoms with E-state index in [9.17, 15) is 13.2 Å². The molecule has 0 saturated carbocycles. The molecule has 1 aliphatic heterocycles. The fraction of sp³-hybridized carbons (Fsp3) is 0.294. The number of oxazole rings is 1. The summed E-state index contributed by atoms with van der Waals surface area (Å²) in [6.07, 6.45) is 3.09. The lowest BCUT2D eigenvalue weighted by Gasteiger charge is -2.16. The molecule has 0 atom stereocenters. The summed E-state index contributed by atoms with van der Waals surface area (Å²) in [4.78, 5) is 16.6. The standard InChI is InChI=1S/C17H17N3O4S/c21-17-8-7-13(25(22,23)20-9-3-4-10-20)11-19(17)12-16-18-14-5-1-2-6-15(14)24-16/h1-2,5-8,11H,3-4,9-10,12H2. The molecule has 8 heteroatoms. The molecule has 7 nitrogen and oxygen atoms in total. The van der Waals surface area contributed by atoms with Gasteiger partial charge in [-0.15, -0.1) is 0 Å². The molecule has 1 saturated heterocycles. The summed E-state index contributed by atoms with van der Waals surface area (Å²) in [7, 11) is -3.57. The third kappa shape index (κ3) is 2.98. The molecular weight excluding hydrogens is 342 g/mol. The van der Waals surface area contributed by atoms with Crippen LogP contribution < -0.4 is 5.56 Å². The van der Waals surface area contributed by atoms with Gasteiger partial charge in [0.05, 0.1) is 4.90 Å². The number of pyridine rings is 1. The van der Waals surface area contributed by atoms with E-state index >= 15 is 0 Å². The van der Waals surface area contributed by atoms with E-state index in [0.29, 0.717) is 30.1 Å². The molecule has 3 heterocycles. The van der Waals surface area contributed by atoms with Gasteiger partial charge in [0.2, 0.25) is 15.9 Å². The first kappa shape index (κ1) is 16.0. The maximum absolute atomic E-state index is 12.7. The van der Waals surface area contributed by atoms with E-state index in [1.165, 1.54) is 27.2 Å². The molecular formula is C17H17N3O4S. The molecule has 0 amide bonds. The van der Waals surface area contributed by atoms with Crippen LogP contribution in [0.1, 0.15) is 18.7 Å². The van der Waals surface area contributed by atoms with E-state index < -0.39 is 10.0 Å². The number of hydrogen-bond donors (Lipinski definition) is 0. The summed E-state index contributed by atoms with van der Waals surface area (Å²) < 4.78 is 33.7. The van der Waals surface area contributed by atoms with E-state index in [1.807, 2.05) is 18.2 Å². The molecule has 1 fully saturated rings. The Morgan fingerprint density at radius 3 is 2.60 bits per heavy atom. The second kappa shape index (κ2) is 6.12. The van der Waals surface area contributed by atoms with E-state index in [1.54, 1.807) is 6.07 Å². The van der Waals surface area contributed by atoms with Gasteiger partial charge in [0, 0.05) is 25.4 Å². The van der Waals surface area contributed by atoms with Crippen molar-refractivity contribution in [2.75, 3.05) is 13.1 Å². The Balaban J connectivity index is 1.69. The zero-order valence-corrected chi connectivity index (χ0v) is 14.3. The summed E-state index contributed by atoms with van der Waals surface area (Å²) in [5.74, 6) is 0.360. The van der Waals surface area contributed by atoms with Gasteiger partial charge in [-0.05, 0) is 31.0 Å². The number of para-hydroxylation sites is 2. The molecule has 0 N–H and O–H groups in total. The van der Waals surface area contributed by atoms with E-state index in [0.717, 1.165) is 12.8 Å². The van der Waals surface area contributed by atoms with Crippen LogP contribution in [-0.4, -0.2) is 35.4 Å². The molecule has 1 aromatic carbocycles. The second-order valence-electron chi connectivity index (χ2n) is 6.02. The summed E-state index contributed by atoms with van der Waals surface area (Å²) in [5.41, 5.74) is 1.03. The highest BCUT2D eigenvalue weighted by Gasteiger charge is 2.27. The SMILES string of the molecule is O=c1ccc(S(=O)(=O)N2CCCC2)cn1Cc1nc2ccccc2o1. The lowest BCUT2D eigenvalue weighted by atomic mass is 10.3. The first-order chi connectivity index (χ1) is 12.0. The minimum atomic E-state index is -3.57. The van der Waals surface area contributed by atoms with E-state index in [2.05, 4.69) is 4.98 Å². The molecule has 130 valence electrons. The van der Waals surface area contributed by atoms with Gasteiger partial charge in [-0.2, -0.15) is 4.31 Å². The van der Waals surface area contributed by atoms with Crippen LogP contribution in [0.2, 0.25) is 0 Å². The summed E-state index contributed by atoms with van der Waals surface area (Å²) >= 11 is 0. The highest BCUT2D eigenvalue weighted by atomic mass is 32.2. The van der Waals surface area contributed by atoms with Crippen LogP contribution in [-0.2, 0) is 16.6 Å². The highest BCUT2D eigenvalue weighted by molar-refractivity contribution is 7.89. The average molecular weight is 359 g/mol. The molecule has 25 heavy (non-hydrogen) atoms. The topological polar surface area (TPSA) is 85.4 Å². The molecule has 3 aromatic rings. The zero-order valence-electron chi connectivity index (χ0n) is 13.5. The lowest BCUT2D eigenvalue weighted by Crippen LogP contribution is -2.29. The van der Waals surface area contributed by atoms with Crippen molar-refractivity contribution < 1.29 is 12.8 Å². The molecule has 0 aliphatic carbocycles. The molecule has 0 bridgehead atoms. The van der Waals surface area contributed by atoms with Crippen LogP contribution in [0.5, 0.6) is 0 Å². The Morgan fingerprint density at radius 1 is 1.08 bits per heavy atom. The normalized spacial score (nSPS) is 15.8. The number of fused-ring (bicyclic) bond motifs is 1. The van der Waals surface area contributed by atoms with Gasteiger partial charge in [0.15, 0.2) is 5.58 Å². The first-order valence-electron chi connectivity index (χ1n) is 8.09. The van der Waals surface area contributed by atoms with Gasteiger partial charge in [-0.3, -0.25) is 4.79 Å². The monoisotopic (exact) mass is 359 g/mol. The Labute approximate surface area is 144 Å².